The largest absolute Gasteiger partial charge is 0.399 e. The van der Waals surface area contributed by atoms with Crippen LogP contribution in [0.3, 0.4) is 0 Å². The number of nitrogens with zero attached hydrogens (tertiary/aromatic N) is 1. The average molecular weight is 266 g/mol. The summed E-state index contributed by atoms with van der Waals surface area (Å²) in [5.41, 5.74) is 7.36. The van der Waals surface area contributed by atoms with Gasteiger partial charge in [0.05, 0.1) is 6.42 Å². The van der Waals surface area contributed by atoms with Crippen molar-refractivity contribution in [3.63, 3.8) is 0 Å². The van der Waals surface area contributed by atoms with Crippen molar-refractivity contribution in [2.75, 3.05) is 24.8 Å². The maximum absolute atomic E-state index is 12.1. The number of nitrogen functional groups attached to an aromatic ring is 1. The first-order valence-electron chi connectivity index (χ1n) is 6.13. The van der Waals surface area contributed by atoms with Gasteiger partial charge in [0.1, 0.15) is 0 Å². The number of carbonyl (C=O) groups is 1. The number of anilines is 1. The number of hydrogen-bond acceptors (Lipinski definition) is 3. The van der Waals surface area contributed by atoms with Gasteiger partial charge in [-0.2, -0.15) is 11.8 Å². The van der Waals surface area contributed by atoms with Gasteiger partial charge in [0.15, 0.2) is 0 Å². The monoisotopic (exact) mass is 266 g/mol. The Morgan fingerprint density at radius 3 is 2.56 bits per heavy atom. The molecule has 100 valence electrons. The number of hydrogen-bond donors (Lipinski definition) is 1. The number of likely N-dealkylation sites (N-methyl/N-ethyl adjacent to an activating group) is 1. The second-order valence-electron chi connectivity index (χ2n) is 4.55. The molecule has 0 aliphatic heterocycles. The van der Waals surface area contributed by atoms with Crippen molar-refractivity contribution < 1.29 is 4.79 Å². The van der Waals surface area contributed by atoms with Crippen LogP contribution in [0.4, 0.5) is 5.69 Å². The fraction of sp³-hybridized carbons (Fsp3) is 0.500. The van der Waals surface area contributed by atoms with Crippen molar-refractivity contribution in [2.45, 2.75) is 25.8 Å². The van der Waals surface area contributed by atoms with Gasteiger partial charge in [-0.25, -0.2) is 0 Å². The third kappa shape index (κ3) is 4.61. The lowest BCUT2D eigenvalue weighted by Crippen LogP contribution is -2.36. The van der Waals surface area contributed by atoms with E-state index in [0.29, 0.717) is 12.5 Å². The van der Waals surface area contributed by atoms with Crippen molar-refractivity contribution in [3.8, 4) is 0 Å². The lowest BCUT2D eigenvalue weighted by atomic mass is 10.1. The summed E-state index contributed by atoms with van der Waals surface area (Å²) in [4.78, 5) is 13.9. The highest BCUT2D eigenvalue weighted by Gasteiger charge is 2.15. The molecular formula is C14H22N2OS. The van der Waals surface area contributed by atoms with E-state index >= 15 is 0 Å². The summed E-state index contributed by atoms with van der Waals surface area (Å²) < 4.78 is 0. The van der Waals surface area contributed by atoms with Crippen molar-refractivity contribution in [1.82, 2.24) is 4.90 Å². The molecule has 2 N–H and O–H groups in total. The lowest BCUT2D eigenvalue weighted by molar-refractivity contribution is -0.130. The Bertz CT molecular complexity index is 378. The number of carbonyl (C=O) groups excluding carboxylic acids is 1. The molecule has 0 heterocycles. The first-order valence-corrected chi connectivity index (χ1v) is 7.53. The molecule has 1 amide bonds. The number of rotatable bonds is 6. The molecule has 0 aromatic heterocycles. The van der Waals surface area contributed by atoms with Gasteiger partial charge in [-0.15, -0.1) is 0 Å². The van der Waals surface area contributed by atoms with E-state index in [-0.39, 0.29) is 5.91 Å². The van der Waals surface area contributed by atoms with E-state index in [9.17, 15) is 4.79 Å². The summed E-state index contributed by atoms with van der Waals surface area (Å²) in [6, 6.07) is 7.78. The van der Waals surface area contributed by atoms with Crippen molar-refractivity contribution in [1.29, 1.82) is 0 Å². The maximum Gasteiger partial charge on any atom is 0.226 e. The summed E-state index contributed by atoms with van der Waals surface area (Å²) in [5.74, 6) is 1.24. The topological polar surface area (TPSA) is 46.3 Å². The molecule has 3 nitrogen and oxygen atoms in total. The zero-order valence-electron chi connectivity index (χ0n) is 11.3. The van der Waals surface area contributed by atoms with Crippen LogP contribution >= 0.6 is 11.8 Å². The Balaban J connectivity index is 2.51. The van der Waals surface area contributed by atoms with Gasteiger partial charge in [-0.1, -0.05) is 12.1 Å². The van der Waals surface area contributed by atoms with Crippen LogP contribution in [0.1, 0.15) is 18.9 Å². The third-order valence-electron chi connectivity index (χ3n) is 3.13. The first-order chi connectivity index (χ1) is 8.54. The van der Waals surface area contributed by atoms with Gasteiger partial charge < -0.3 is 10.6 Å². The van der Waals surface area contributed by atoms with Crippen molar-refractivity contribution in [3.05, 3.63) is 29.8 Å². The highest BCUT2D eigenvalue weighted by Crippen LogP contribution is 2.10. The van der Waals surface area contributed by atoms with Crippen LogP contribution in [-0.4, -0.2) is 35.9 Å². The number of nitrogens with two attached hydrogens (primary N) is 1. The molecule has 18 heavy (non-hydrogen) atoms. The molecule has 1 atom stereocenters. The molecule has 0 bridgehead atoms. The Labute approximate surface area is 114 Å². The zero-order chi connectivity index (χ0) is 13.5. The molecule has 0 saturated carbocycles. The van der Waals surface area contributed by atoms with Crippen LogP contribution in [0.5, 0.6) is 0 Å². The standard InChI is InChI=1S/C14H22N2OS/c1-11(8-9-18-3)16(2)14(17)10-12-4-6-13(15)7-5-12/h4-7,11H,8-10,15H2,1-3H3. The van der Waals surface area contributed by atoms with E-state index in [4.69, 9.17) is 5.73 Å². The zero-order valence-corrected chi connectivity index (χ0v) is 12.2. The van der Waals surface area contributed by atoms with Crippen LogP contribution in [0, 0.1) is 0 Å². The highest BCUT2D eigenvalue weighted by atomic mass is 32.2. The second-order valence-corrected chi connectivity index (χ2v) is 5.54. The van der Waals surface area contributed by atoms with E-state index in [1.807, 2.05) is 48.0 Å². The first kappa shape index (κ1) is 14.9. The van der Waals surface area contributed by atoms with Crippen LogP contribution in [-0.2, 0) is 11.2 Å². The minimum atomic E-state index is 0.161. The van der Waals surface area contributed by atoms with Gasteiger partial charge in [0.25, 0.3) is 0 Å². The quantitative estimate of drug-likeness (QED) is 0.804. The van der Waals surface area contributed by atoms with Crippen molar-refractivity contribution >= 4 is 23.4 Å². The van der Waals surface area contributed by atoms with Gasteiger partial charge in [0.2, 0.25) is 5.91 Å². The predicted octanol–water partition coefficient (Wildman–Crippen LogP) is 2.41. The summed E-state index contributed by atoms with van der Waals surface area (Å²) in [6.45, 7) is 2.09. The van der Waals surface area contributed by atoms with Gasteiger partial charge in [-0.3, -0.25) is 4.79 Å². The highest BCUT2D eigenvalue weighted by molar-refractivity contribution is 7.98. The molecule has 0 aliphatic carbocycles. The molecular weight excluding hydrogens is 244 g/mol. The van der Waals surface area contributed by atoms with E-state index in [2.05, 4.69) is 13.2 Å². The third-order valence-corrected chi connectivity index (χ3v) is 3.77. The number of amides is 1. The van der Waals surface area contributed by atoms with E-state index in [1.165, 1.54) is 0 Å². The molecule has 0 fully saturated rings. The second kappa shape index (κ2) is 7.31. The van der Waals surface area contributed by atoms with Crippen LogP contribution in [0.2, 0.25) is 0 Å². The molecule has 1 aromatic rings. The number of thioether (sulfide) groups is 1. The van der Waals surface area contributed by atoms with Gasteiger partial charge >= 0.3 is 0 Å². The molecule has 1 aromatic carbocycles. The Hall–Kier alpha value is -1.16. The summed E-state index contributed by atoms with van der Waals surface area (Å²) >= 11 is 1.81. The van der Waals surface area contributed by atoms with Crippen LogP contribution in [0.15, 0.2) is 24.3 Å². The van der Waals surface area contributed by atoms with Gasteiger partial charge in [-0.05, 0) is 43.0 Å². The molecule has 1 rings (SSSR count). The predicted molar refractivity (Wildman–Crippen MR) is 79.8 cm³/mol. The Morgan fingerprint density at radius 1 is 1.39 bits per heavy atom. The van der Waals surface area contributed by atoms with Crippen LogP contribution in [0.25, 0.3) is 0 Å². The smallest absolute Gasteiger partial charge is 0.226 e. The summed E-state index contributed by atoms with van der Waals surface area (Å²) in [7, 11) is 1.88. The Kier molecular flexibility index (Phi) is 6.05. The normalized spacial score (nSPS) is 12.2. The molecule has 4 heteroatoms. The van der Waals surface area contributed by atoms with Gasteiger partial charge in [0, 0.05) is 18.8 Å². The van der Waals surface area contributed by atoms with E-state index in [1.54, 1.807) is 0 Å². The molecule has 0 spiro atoms. The van der Waals surface area contributed by atoms with Crippen molar-refractivity contribution in [2.24, 2.45) is 0 Å². The fourth-order valence-corrected chi connectivity index (χ4v) is 2.24. The van der Waals surface area contributed by atoms with Crippen LogP contribution < -0.4 is 5.73 Å². The lowest BCUT2D eigenvalue weighted by Gasteiger charge is -2.25. The minimum absolute atomic E-state index is 0.161. The SMILES string of the molecule is CSCCC(C)N(C)C(=O)Cc1ccc(N)cc1. The molecule has 0 aliphatic rings. The summed E-state index contributed by atoms with van der Waals surface area (Å²) in [6.07, 6.45) is 3.56. The molecule has 1 unspecified atom stereocenters. The molecule has 0 radical (unpaired) electrons. The summed E-state index contributed by atoms with van der Waals surface area (Å²) in [5, 5.41) is 0. The maximum atomic E-state index is 12.1. The minimum Gasteiger partial charge on any atom is -0.399 e. The van der Waals surface area contributed by atoms with E-state index < -0.39 is 0 Å². The fourth-order valence-electron chi connectivity index (χ4n) is 1.66. The van der Waals surface area contributed by atoms with E-state index in [0.717, 1.165) is 23.4 Å². The Morgan fingerprint density at radius 2 is 2.00 bits per heavy atom. The number of benzene rings is 1. The average Bonchev–Trinajstić information content (AvgIpc) is 2.37. The molecule has 0 saturated heterocycles.